The van der Waals surface area contributed by atoms with Crippen LogP contribution in [0.15, 0.2) is 24.3 Å². The van der Waals surface area contributed by atoms with Gasteiger partial charge in [0.25, 0.3) is 0 Å². The predicted octanol–water partition coefficient (Wildman–Crippen LogP) is 1.64. The van der Waals surface area contributed by atoms with E-state index in [1.807, 2.05) is 24.3 Å². The van der Waals surface area contributed by atoms with E-state index >= 15 is 0 Å². The molecule has 0 aliphatic carbocycles. The Morgan fingerprint density at radius 1 is 1.20 bits per heavy atom. The molecule has 0 radical (unpaired) electrons. The number of rotatable bonds is 6. The number of methoxy groups -OCH3 is 2. The maximum atomic E-state index is 9.65. The molecule has 0 heterocycles. The molecule has 0 fully saturated rings. The minimum atomic E-state index is -0.335. The van der Waals surface area contributed by atoms with Gasteiger partial charge in [-0.15, -0.1) is 0 Å². The molecule has 84 valence electrons. The second-order valence-corrected chi connectivity index (χ2v) is 3.49. The molecule has 0 aliphatic heterocycles. The third-order valence-corrected chi connectivity index (χ3v) is 2.29. The predicted molar refractivity (Wildman–Crippen MR) is 59.2 cm³/mol. The van der Waals surface area contributed by atoms with Crippen LogP contribution < -0.4 is 4.74 Å². The van der Waals surface area contributed by atoms with E-state index < -0.39 is 0 Å². The number of aliphatic hydroxyl groups excluding tert-OH is 1. The van der Waals surface area contributed by atoms with Crippen molar-refractivity contribution in [3.05, 3.63) is 29.8 Å². The van der Waals surface area contributed by atoms with Crippen molar-refractivity contribution < 1.29 is 14.6 Å². The van der Waals surface area contributed by atoms with Crippen molar-refractivity contribution in [2.24, 2.45) is 0 Å². The smallest absolute Gasteiger partial charge is 0.118 e. The summed E-state index contributed by atoms with van der Waals surface area (Å²) < 4.78 is 9.96. The molecule has 0 saturated heterocycles. The second kappa shape index (κ2) is 6.43. The molecule has 0 spiro atoms. The number of hydrogen-bond donors (Lipinski definition) is 1. The number of hydrogen-bond acceptors (Lipinski definition) is 3. The molecule has 0 saturated carbocycles. The molecular weight excluding hydrogens is 192 g/mol. The Balaban J connectivity index is 2.42. The molecule has 1 unspecified atom stereocenters. The second-order valence-electron chi connectivity index (χ2n) is 3.49. The topological polar surface area (TPSA) is 38.7 Å². The average Bonchev–Trinajstić information content (AvgIpc) is 2.27. The summed E-state index contributed by atoms with van der Waals surface area (Å²) in [4.78, 5) is 0. The fourth-order valence-electron chi connectivity index (χ4n) is 1.39. The Morgan fingerprint density at radius 2 is 1.87 bits per heavy atom. The summed E-state index contributed by atoms with van der Waals surface area (Å²) in [5.74, 6) is 0.838. The van der Waals surface area contributed by atoms with Crippen molar-refractivity contribution in [2.75, 3.05) is 20.8 Å². The van der Waals surface area contributed by atoms with Crippen LogP contribution >= 0.6 is 0 Å². The van der Waals surface area contributed by atoms with Crippen LogP contribution in [-0.2, 0) is 11.2 Å². The van der Waals surface area contributed by atoms with Crippen molar-refractivity contribution in [1.29, 1.82) is 0 Å². The van der Waals surface area contributed by atoms with Crippen molar-refractivity contribution in [3.63, 3.8) is 0 Å². The standard InChI is InChI=1S/C12H18O3/c1-14-8-7-11(13)9-10-3-5-12(15-2)6-4-10/h3-6,11,13H,7-9H2,1-2H3. The zero-order valence-electron chi connectivity index (χ0n) is 9.27. The van der Waals surface area contributed by atoms with E-state index in [1.54, 1.807) is 14.2 Å². The SMILES string of the molecule is COCCC(O)Cc1ccc(OC)cc1. The fourth-order valence-corrected chi connectivity index (χ4v) is 1.39. The first-order valence-corrected chi connectivity index (χ1v) is 5.06. The van der Waals surface area contributed by atoms with Gasteiger partial charge in [-0.2, -0.15) is 0 Å². The minimum Gasteiger partial charge on any atom is -0.497 e. The highest BCUT2D eigenvalue weighted by Gasteiger charge is 2.05. The summed E-state index contributed by atoms with van der Waals surface area (Å²) in [6, 6.07) is 7.74. The number of benzene rings is 1. The normalized spacial score (nSPS) is 12.5. The average molecular weight is 210 g/mol. The molecule has 1 aromatic carbocycles. The van der Waals surface area contributed by atoms with Crippen LogP contribution in [0.1, 0.15) is 12.0 Å². The van der Waals surface area contributed by atoms with Crippen LogP contribution in [0.25, 0.3) is 0 Å². The molecule has 1 atom stereocenters. The van der Waals surface area contributed by atoms with Gasteiger partial charge in [0, 0.05) is 13.7 Å². The molecule has 0 aliphatic rings. The van der Waals surface area contributed by atoms with E-state index in [-0.39, 0.29) is 6.10 Å². The van der Waals surface area contributed by atoms with Crippen molar-refractivity contribution in [3.8, 4) is 5.75 Å². The van der Waals surface area contributed by atoms with E-state index in [1.165, 1.54) is 0 Å². The van der Waals surface area contributed by atoms with E-state index in [0.29, 0.717) is 19.4 Å². The third-order valence-electron chi connectivity index (χ3n) is 2.29. The highest BCUT2D eigenvalue weighted by molar-refractivity contribution is 5.27. The Labute approximate surface area is 90.6 Å². The van der Waals surface area contributed by atoms with Crippen LogP contribution in [0.4, 0.5) is 0 Å². The van der Waals surface area contributed by atoms with Crippen LogP contribution in [0.5, 0.6) is 5.75 Å². The number of ether oxygens (including phenoxy) is 2. The maximum Gasteiger partial charge on any atom is 0.118 e. The minimum absolute atomic E-state index is 0.335. The van der Waals surface area contributed by atoms with Gasteiger partial charge in [-0.1, -0.05) is 12.1 Å². The molecule has 0 amide bonds. The molecule has 0 aromatic heterocycles. The summed E-state index contributed by atoms with van der Waals surface area (Å²) in [5.41, 5.74) is 1.11. The van der Waals surface area contributed by atoms with Crippen LogP contribution in [0, 0.1) is 0 Å². The van der Waals surface area contributed by atoms with Crippen molar-refractivity contribution >= 4 is 0 Å². The molecule has 15 heavy (non-hydrogen) atoms. The molecule has 1 rings (SSSR count). The Bertz CT molecular complexity index is 269. The van der Waals surface area contributed by atoms with Gasteiger partial charge in [0.1, 0.15) is 5.75 Å². The van der Waals surface area contributed by atoms with Gasteiger partial charge in [-0.05, 0) is 30.5 Å². The van der Waals surface area contributed by atoms with Gasteiger partial charge < -0.3 is 14.6 Å². The summed E-state index contributed by atoms with van der Waals surface area (Å²) >= 11 is 0. The van der Waals surface area contributed by atoms with Crippen LogP contribution in [-0.4, -0.2) is 32.0 Å². The number of aliphatic hydroxyl groups is 1. The quantitative estimate of drug-likeness (QED) is 0.775. The molecule has 1 N–H and O–H groups in total. The van der Waals surface area contributed by atoms with Gasteiger partial charge in [0.05, 0.1) is 13.2 Å². The van der Waals surface area contributed by atoms with Crippen molar-refractivity contribution in [2.45, 2.75) is 18.9 Å². The monoisotopic (exact) mass is 210 g/mol. The Hall–Kier alpha value is -1.06. The molecule has 3 nitrogen and oxygen atoms in total. The molecule has 3 heteroatoms. The summed E-state index contributed by atoms with van der Waals surface area (Å²) in [7, 11) is 3.28. The van der Waals surface area contributed by atoms with Crippen LogP contribution in [0.2, 0.25) is 0 Å². The van der Waals surface area contributed by atoms with Gasteiger partial charge in [0.15, 0.2) is 0 Å². The first-order valence-electron chi connectivity index (χ1n) is 5.06. The first kappa shape index (κ1) is 12.0. The van der Waals surface area contributed by atoms with Gasteiger partial charge in [-0.3, -0.25) is 0 Å². The first-order chi connectivity index (χ1) is 7.26. The highest BCUT2D eigenvalue weighted by Crippen LogP contribution is 2.13. The molecule has 0 bridgehead atoms. The van der Waals surface area contributed by atoms with Gasteiger partial charge in [0.2, 0.25) is 0 Å². The largest absolute Gasteiger partial charge is 0.497 e. The zero-order valence-corrected chi connectivity index (χ0v) is 9.27. The van der Waals surface area contributed by atoms with Gasteiger partial charge >= 0.3 is 0 Å². The van der Waals surface area contributed by atoms with E-state index in [2.05, 4.69) is 0 Å². The van der Waals surface area contributed by atoms with E-state index in [4.69, 9.17) is 9.47 Å². The van der Waals surface area contributed by atoms with E-state index in [9.17, 15) is 5.11 Å². The highest BCUT2D eigenvalue weighted by atomic mass is 16.5. The summed E-state index contributed by atoms with van der Waals surface area (Å²) in [6.07, 6.45) is 0.994. The zero-order chi connectivity index (χ0) is 11.1. The van der Waals surface area contributed by atoms with Gasteiger partial charge in [-0.25, -0.2) is 0 Å². The summed E-state index contributed by atoms with van der Waals surface area (Å²) in [5, 5.41) is 9.65. The Kier molecular flexibility index (Phi) is 5.15. The lowest BCUT2D eigenvalue weighted by atomic mass is 10.1. The maximum absolute atomic E-state index is 9.65. The molecule has 1 aromatic rings. The third kappa shape index (κ3) is 4.32. The lowest BCUT2D eigenvalue weighted by Gasteiger charge is -2.10. The lowest BCUT2D eigenvalue weighted by molar-refractivity contribution is 0.110. The fraction of sp³-hybridized carbons (Fsp3) is 0.500. The van der Waals surface area contributed by atoms with Crippen LogP contribution in [0.3, 0.4) is 0 Å². The Morgan fingerprint density at radius 3 is 2.40 bits per heavy atom. The van der Waals surface area contributed by atoms with Crippen molar-refractivity contribution in [1.82, 2.24) is 0 Å². The summed E-state index contributed by atoms with van der Waals surface area (Å²) in [6.45, 7) is 0.595. The lowest BCUT2D eigenvalue weighted by Crippen LogP contribution is -2.12. The molecular formula is C12H18O3. The van der Waals surface area contributed by atoms with E-state index in [0.717, 1.165) is 11.3 Å².